The Kier molecular flexibility index (Phi) is 10.6. The number of nitrogen functional groups attached to an aromatic ring is 1. The second-order valence-corrected chi connectivity index (χ2v) is 9.05. The summed E-state index contributed by atoms with van der Waals surface area (Å²) in [7, 11) is 0. The van der Waals surface area contributed by atoms with E-state index in [2.05, 4.69) is 92.7 Å². The van der Waals surface area contributed by atoms with Gasteiger partial charge in [-0.05, 0) is 54.5 Å². The summed E-state index contributed by atoms with van der Waals surface area (Å²) in [4.78, 5) is 0. The highest BCUT2D eigenvalue weighted by Gasteiger charge is 2.00. The zero-order valence-electron chi connectivity index (χ0n) is 21.8. The second kappa shape index (κ2) is 14.4. The van der Waals surface area contributed by atoms with E-state index < -0.39 is 0 Å². The van der Waals surface area contributed by atoms with Crippen molar-refractivity contribution in [2.24, 2.45) is 11.5 Å². The molecule has 0 saturated heterocycles. The second-order valence-electron chi connectivity index (χ2n) is 9.05. The van der Waals surface area contributed by atoms with Crippen LogP contribution < -0.4 is 11.5 Å². The summed E-state index contributed by atoms with van der Waals surface area (Å²) in [5, 5.41) is 7.29. The largest absolute Gasteiger partial charge is 0.384 e. The van der Waals surface area contributed by atoms with Gasteiger partial charge in [0.15, 0.2) is 0 Å². The Bertz CT molecular complexity index is 1280. The van der Waals surface area contributed by atoms with Gasteiger partial charge in [0.1, 0.15) is 5.84 Å². The van der Waals surface area contributed by atoms with Gasteiger partial charge in [-0.1, -0.05) is 132 Å². The van der Waals surface area contributed by atoms with Crippen LogP contribution in [0, 0.1) is 19.3 Å². The fourth-order valence-electron chi connectivity index (χ4n) is 3.77. The third-order valence-corrected chi connectivity index (χ3v) is 6.04. The van der Waals surface area contributed by atoms with Gasteiger partial charge in [-0.3, -0.25) is 5.41 Å². The smallest absolute Gasteiger partial charge is 0.122 e. The van der Waals surface area contributed by atoms with Crippen LogP contribution >= 0.6 is 0 Å². The quantitative estimate of drug-likeness (QED) is 0.203. The Labute approximate surface area is 221 Å². The molecule has 0 radical (unpaired) electrons. The van der Waals surface area contributed by atoms with Gasteiger partial charge in [0.05, 0.1) is 0 Å². The number of benzene rings is 4. The number of nitrogens with one attached hydrogen (secondary N) is 1. The molecule has 188 valence electrons. The molecule has 0 unspecified atom stereocenters. The van der Waals surface area contributed by atoms with Crippen LogP contribution in [0.2, 0.25) is 0 Å². The summed E-state index contributed by atoms with van der Waals surface area (Å²) >= 11 is 0. The van der Waals surface area contributed by atoms with Crippen LogP contribution in [0.15, 0.2) is 121 Å². The van der Waals surface area contributed by atoms with Crippen LogP contribution in [0.5, 0.6) is 0 Å². The van der Waals surface area contributed by atoms with Crippen molar-refractivity contribution in [3.05, 3.63) is 149 Å². The lowest BCUT2D eigenvalue weighted by atomic mass is 9.99. The van der Waals surface area contributed by atoms with E-state index in [-0.39, 0.29) is 5.84 Å². The van der Waals surface area contributed by atoms with Crippen molar-refractivity contribution in [2.45, 2.75) is 33.2 Å². The maximum atomic E-state index is 7.29. The molecule has 0 heterocycles. The van der Waals surface area contributed by atoms with Crippen molar-refractivity contribution >= 4 is 11.4 Å². The van der Waals surface area contributed by atoms with E-state index >= 15 is 0 Å². The molecular weight excluding hydrogens is 450 g/mol. The van der Waals surface area contributed by atoms with E-state index in [9.17, 15) is 0 Å². The zero-order valence-corrected chi connectivity index (χ0v) is 21.8. The van der Waals surface area contributed by atoms with Crippen molar-refractivity contribution in [1.82, 2.24) is 0 Å². The number of nitrogens with two attached hydrogens (primary N) is 2. The standard InChI is InChI=1S/C13H12N2.C13H15N.C8H10/c14-13(15)12-8-6-11(7-9-12)10-4-2-1-3-5-10;14-10-11-6-8-13(9-7-11)12-4-2-1-3-5-12;1-7-3-5-8(2)6-4-7/h1-9H,(H3,14,15);2,4-9H,1,3,10,14H2;3-6H,1-2H3. The van der Waals surface area contributed by atoms with Crippen LogP contribution in [-0.2, 0) is 6.54 Å². The maximum absolute atomic E-state index is 7.29. The SMILES string of the molecule is Cc1ccc(C)cc1.N=C(N)c1ccc(-c2ccccc2)cc1.NCc1ccc(C2=CCCC=C2)cc1. The molecule has 5 rings (SSSR count). The van der Waals surface area contributed by atoms with Crippen LogP contribution in [0.3, 0.4) is 0 Å². The van der Waals surface area contributed by atoms with Crippen LogP contribution in [0.4, 0.5) is 0 Å². The van der Waals surface area contributed by atoms with E-state index in [0.29, 0.717) is 6.54 Å². The Balaban J connectivity index is 0.000000161. The first-order valence-electron chi connectivity index (χ1n) is 12.7. The Morgan fingerprint density at radius 1 is 0.676 bits per heavy atom. The van der Waals surface area contributed by atoms with E-state index in [4.69, 9.17) is 16.9 Å². The molecule has 3 heteroatoms. The predicted molar refractivity (Wildman–Crippen MR) is 159 cm³/mol. The lowest BCUT2D eigenvalue weighted by Gasteiger charge is -2.07. The number of amidine groups is 1. The molecule has 5 N–H and O–H groups in total. The molecule has 0 spiro atoms. The average Bonchev–Trinajstić information content (AvgIpc) is 2.96. The van der Waals surface area contributed by atoms with E-state index in [1.54, 1.807) is 0 Å². The first-order chi connectivity index (χ1) is 18.0. The molecule has 4 aromatic carbocycles. The molecule has 1 aliphatic rings. The van der Waals surface area contributed by atoms with Gasteiger partial charge in [-0.2, -0.15) is 0 Å². The number of aryl methyl sites for hydroxylation is 2. The first-order valence-corrected chi connectivity index (χ1v) is 12.7. The minimum Gasteiger partial charge on any atom is -0.384 e. The van der Waals surface area contributed by atoms with Crippen LogP contribution in [-0.4, -0.2) is 5.84 Å². The summed E-state index contributed by atoms with van der Waals surface area (Å²) in [6.07, 6.45) is 9.04. The number of rotatable bonds is 4. The molecule has 0 aliphatic heterocycles. The fourth-order valence-corrected chi connectivity index (χ4v) is 3.77. The lowest BCUT2D eigenvalue weighted by molar-refractivity contribution is 1.04. The third kappa shape index (κ3) is 9.06. The Morgan fingerprint density at radius 2 is 1.22 bits per heavy atom. The third-order valence-electron chi connectivity index (χ3n) is 6.04. The Hall–Kier alpha value is -4.21. The van der Waals surface area contributed by atoms with E-state index in [0.717, 1.165) is 17.5 Å². The average molecular weight is 488 g/mol. The molecule has 0 saturated carbocycles. The monoisotopic (exact) mass is 487 g/mol. The maximum Gasteiger partial charge on any atom is 0.122 e. The normalized spacial score (nSPS) is 11.8. The van der Waals surface area contributed by atoms with Crippen LogP contribution in [0.1, 0.15) is 40.7 Å². The van der Waals surface area contributed by atoms with Gasteiger partial charge in [-0.15, -0.1) is 0 Å². The number of hydrogen-bond acceptors (Lipinski definition) is 2. The van der Waals surface area contributed by atoms with Crippen molar-refractivity contribution in [3.8, 4) is 11.1 Å². The molecule has 0 bridgehead atoms. The van der Waals surface area contributed by atoms with Gasteiger partial charge in [0.25, 0.3) is 0 Å². The highest BCUT2D eigenvalue weighted by atomic mass is 14.7. The topological polar surface area (TPSA) is 75.9 Å². The lowest BCUT2D eigenvalue weighted by Crippen LogP contribution is -2.10. The first kappa shape index (κ1) is 27.4. The van der Waals surface area contributed by atoms with Crippen molar-refractivity contribution < 1.29 is 0 Å². The minimum atomic E-state index is 0.106. The molecule has 0 amide bonds. The number of hydrogen-bond donors (Lipinski definition) is 3. The molecule has 0 atom stereocenters. The molecule has 0 fully saturated rings. The highest BCUT2D eigenvalue weighted by molar-refractivity contribution is 5.95. The zero-order chi connectivity index (χ0) is 26.5. The molecule has 0 aromatic heterocycles. The minimum absolute atomic E-state index is 0.106. The van der Waals surface area contributed by atoms with Gasteiger partial charge in [-0.25, -0.2) is 0 Å². The summed E-state index contributed by atoms with van der Waals surface area (Å²) in [5.41, 5.74) is 20.5. The van der Waals surface area contributed by atoms with Gasteiger partial charge < -0.3 is 11.5 Å². The molecule has 1 aliphatic carbocycles. The van der Waals surface area contributed by atoms with Crippen molar-refractivity contribution in [2.75, 3.05) is 0 Å². The van der Waals surface area contributed by atoms with E-state index in [1.165, 1.54) is 39.8 Å². The summed E-state index contributed by atoms with van der Waals surface area (Å²) < 4.78 is 0. The molecule has 37 heavy (non-hydrogen) atoms. The summed E-state index contributed by atoms with van der Waals surface area (Å²) in [5.74, 6) is 0.106. The van der Waals surface area contributed by atoms with Gasteiger partial charge >= 0.3 is 0 Å². The van der Waals surface area contributed by atoms with Gasteiger partial charge in [0.2, 0.25) is 0 Å². The van der Waals surface area contributed by atoms with Crippen molar-refractivity contribution in [3.63, 3.8) is 0 Å². The summed E-state index contributed by atoms with van der Waals surface area (Å²) in [6.45, 7) is 4.81. The van der Waals surface area contributed by atoms with E-state index in [1.807, 2.05) is 42.5 Å². The fraction of sp³-hybridized carbons (Fsp3) is 0.147. The van der Waals surface area contributed by atoms with Crippen molar-refractivity contribution in [1.29, 1.82) is 5.41 Å². The summed E-state index contributed by atoms with van der Waals surface area (Å²) in [6, 6.07) is 34.8. The van der Waals surface area contributed by atoms with Crippen LogP contribution in [0.25, 0.3) is 16.7 Å². The predicted octanol–water partition coefficient (Wildman–Crippen LogP) is 7.82. The molecular formula is C34H37N3. The molecule has 4 aromatic rings. The highest BCUT2D eigenvalue weighted by Crippen LogP contribution is 2.21. The molecule has 3 nitrogen and oxygen atoms in total. The number of allylic oxidation sites excluding steroid dienone is 4. The Morgan fingerprint density at radius 3 is 1.70 bits per heavy atom. The van der Waals surface area contributed by atoms with Gasteiger partial charge in [0, 0.05) is 12.1 Å².